The zero-order valence-electron chi connectivity index (χ0n) is 10.2. The molecule has 0 bridgehead atoms. The molecule has 0 fully saturated rings. The van der Waals surface area contributed by atoms with Gasteiger partial charge in [-0.1, -0.05) is 19.9 Å². The predicted molar refractivity (Wildman–Crippen MR) is 72.5 cm³/mol. The third-order valence-corrected chi connectivity index (χ3v) is 4.02. The Kier molecular flexibility index (Phi) is 5.42. The van der Waals surface area contributed by atoms with Crippen LogP contribution in [0.1, 0.15) is 45.1 Å². The van der Waals surface area contributed by atoms with Gasteiger partial charge in [0.1, 0.15) is 4.60 Å². The molecule has 90 valence electrons. The van der Waals surface area contributed by atoms with Gasteiger partial charge in [0.2, 0.25) is 0 Å². The van der Waals surface area contributed by atoms with Crippen LogP contribution >= 0.6 is 15.9 Å². The SMILES string of the molecule is CCC(CC)(CCCN)c1ccc(Br)nc1. The average molecular weight is 285 g/mol. The minimum Gasteiger partial charge on any atom is -0.330 e. The van der Waals surface area contributed by atoms with Crippen molar-refractivity contribution in [3.8, 4) is 0 Å². The Balaban J connectivity index is 2.95. The van der Waals surface area contributed by atoms with Crippen LogP contribution in [0.2, 0.25) is 0 Å². The second kappa shape index (κ2) is 6.36. The summed E-state index contributed by atoms with van der Waals surface area (Å²) in [6.45, 7) is 5.27. The molecule has 0 amide bonds. The molecule has 0 saturated carbocycles. The molecule has 16 heavy (non-hydrogen) atoms. The van der Waals surface area contributed by atoms with Crippen molar-refractivity contribution >= 4 is 15.9 Å². The van der Waals surface area contributed by atoms with E-state index in [1.165, 1.54) is 5.56 Å². The highest BCUT2D eigenvalue weighted by molar-refractivity contribution is 9.10. The van der Waals surface area contributed by atoms with Crippen LogP contribution < -0.4 is 5.73 Å². The highest BCUT2D eigenvalue weighted by Gasteiger charge is 2.27. The Hall–Kier alpha value is -0.410. The summed E-state index contributed by atoms with van der Waals surface area (Å²) in [6, 6.07) is 4.21. The molecular formula is C13H21BrN2. The third-order valence-electron chi connectivity index (χ3n) is 3.55. The van der Waals surface area contributed by atoms with Crippen LogP contribution in [-0.4, -0.2) is 11.5 Å². The van der Waals surface area contributed by atoms with Crippen molar-refractivity contribution in [2.45, 2.75) is 44.9 Å². The maximum absolute atomic E-state index is 5.62. The minimum atomic E-state index is 0.257. The standard InChI is InChI=1S/C13H21BrN2/c1-3-13(4-2,8-5-9-15)11-6-7-12(14)16-10-11/h6-7,10H,3-5,8-9,15H2,1-2H3. The third kappa shape index (κ3) is 3.05. The lowest BCUT2D eigenvalue weighted by Gasteiger charge is -2.32. The molecule has 3 heteroatoms. The average Bonchev–Trinajstić information content (AvgIpc) is 2.33. The first kappa shape index (κ1) is 13.7. The van der Waals surface area contributed by atoms with Crippen molar-refractivity contribution in [1.82, 2.24) is 4.98 Å². The molecule has 1 aromatic heterocycles. The fourth-order valence-corrected chi connectivity index (χ4v) is 2.52. The zero-order chi connectivity index (χ0) is 12.0. The molecule has 0 aliphatic rings. The Morgan fingerprint density at radius 3 is 2.44 bits per heavy atom. The highest BCUT2D eigenvalue weighted by Crippen LogP contribution is 2.36. The van der Waals surface area contributed by atoms with Gasteiger partial charge in [-0.15, -0.1) is 0 Å². The molecule has 0 saturated heterocycles. The van der Waals surface area contributed by atoms with Crippen LogP contribution in [0.3, 0.4) is 0 Å². The van der Waals surface area contributed by atoms with E-state index in [0.717, 1.165) is 36.8 Å². The summed E-state index contributed by atoms with van der Waals surface area (Å²) in [5.41, 5.74) is 7.22. The zero-order valence-corrected chi connectivity index (χ0v) is 11.8. The molecular weight excluding hydrogens is 264 g/mol. The smallest absolute Gasteiger partial charge is 0.106 e. The van der Waals surface area contributed by atoms with Crippen LogP contribution in [0.4, 0.5) is 0 Å². The summed E-state index contributed by atoms with van der Waals surface area (Å²) in [4.78, 5) is 4.33. The number of hydrogen-bond donors (Lipinski definition) is 1. The van der Waals surface area contributed by atoms with Crippen molar-refractivity contribution < 1.29 is 0 Å². The Morgan fingerprint density at radius 1 is 1.31 bits per heavy atom. The Labute approximate surface area is 107 Å². The first-order valence-corrected chi connectivity index (χ1v) is 6.80. The van der Waals surface area contributed by atoms with Gasteiger partial charge in [0.05, 0.1) is 0 Å². The van der Waals surface area contributed by atoms with Crippen molar-refractivity contribution in [3.63, 3.8) is 0 Å². The van der Waals surface area contributed by atoms with E-state index in [-0.39, 0.29) is 5.41 Å². The molecule has 0 aromatic carbocycles. The molecule has 1 rings (SSSR count). The van der Waals surface area contributed by atoms with Crippen LogP contribution in [0, 0.1) is 0 Å². The van der Waals surface area contributed by atoms with E-state index in [1.807, 2.05) is 12.3 Å². The summed E-state index contributed by atoms with van der Waals surface area (Å²) in [6.07, 6.45) is 6.52. The van der Waals surface area contributed by atoms with Crippen molar-refractivity contribution in [1.29, 1.82) is 0 Å². The van der Waals surface area contributed by atoms with E-state index in [4.69, 9.17) is 5.73 Å². The van der Waals surface area contributed by atoms with E-state index in [9.17, 15) is 0 Å². The maximum atomic E-state index is 5.62. The summed E-state index contributed by atoms with van der Waals surface area (Å²) >= 11 is 3.38. The van der Waals surface area contributed by atoms with E-state index >= 15 is 0 Å². The molecule has 0 atom stereocenters. The number of rotatable bonds is 6. The van der Waals surface area contributed by atoms with Gasteiger partial charge >= 0.3 is 0 Å². The lowest BCUT2D eigenvalue weighted by atomic mass is 9.73. The van der Waals surface area contributed by atoms with Gasteiger partial charge in [-0.25, -0.2) is 4.98 Å². The lowest BCUT2D eigenvalue weighted by Crippen LogP contribution is -2.25. The molecule has 0 unspecified atom stereocenters. The fourth-order valence-electron chi connectivity index (χ4n) is 2.29. The molecule has 0 aliphatic carbocycles. The van der Waals surface area contributed by atoms with Gasteiger partial charge in [0, 0.05) is 6.20 Å². The minimum absolute atomic E-state index is 0.257. The lowest BCUT2D eigenvalue weighted by molar-refractivity contribution is 0.356. The van der Waals surface area contributed by atoms with E-state index in [2.05, 4.69) is 40.8 Å². The number of pyridine rings is 1. The van der Waals surface area contributed by atoms with Gasteiger partial charge in [0.25, 0.3) is 0 Å². The molecule has 1 aromatic rings. The van der Waals surface area contributed by atoms with Crippen molar-refractivity contribution in [2.75, 3.05) is 6.54 Å². The summed E-state index contributed by atoms with van der Waals surface area (Å²) in [5, 5.41) is 0. The largest absolute Gasteiger partial charge is 0.330 e. The molecule has 0 radical (unpaired) electrons. The van der Waals surface area contributed by atoms with Gasteiger partial charge in [-0.2, -0.15) is 0 Å². The number of halogens is 1. The van der Waals surface area contributed by atoms with Crippen LogP contribution in [-0.2, 0) is 5.41 Å². The number of hydrogen-bond acceptors (Lipinski definition) is 2. The number of aromatic nitrogens is 1. The highest BCUT2D eigenvalue weighted by atomic mass is 79.9. The molecule has 1 heterocycles. The van der Waals surface area contributed by atoms with Crippen LogP contribution in [0.5, 0.6) is 0 Å². The van der Waals surface area contributed by atoms with E-state index < -0.39 is 0 Å². The number of nitrogens with two attached hydrogens (primary N) is 1. The maximum Gasteiger partial charge on any atom is 0.106 e. The van der Waals surface area contributed by atoms with Crippen molar-refractivity contribution in [2.24, 2.45) is 5.73 Å². The summed E-state index contributed by atoms with van der Waals surface area (Å²) in [7, 11) is 0. The summed E-state index contributed by atoms with van der Waals surface area (Å²) < 4.78 is 0.899. The van der Waals surface area contributed by atoms with Crippen LogP contribution in [0.25, 0.3) is 0 Å². The molecule has 0 spiro atoms. The monoisotopic (exact) mass is 284 g/mol. The molecule has 2 nitrogen and oxygen atoms in total. The molecule has 0 aliphatic heterocycles. The van der Waals surface area contributed by atoms with Gasteiger partial charge in [-0.3, -0.25) is 0 Å². The fraction of sp³-hybridized carbons (Fsp3) is 0.615. The first-order valence-electron chi connectivity index (χ1n) is 6.00. The predicted octanol–water partition coefficient (Wildman–Crippen LogP) is 3.64. The van der Waals surface area contributed by atoms with E-state index in [0.29, 0.717) is 0 Å². The normalized spacial score (nSPS) is 11.8. The second-order valence-electron chi connectivity index (χ2n) is 4.25. The van der Waals surface area contributed by atoms with E-state index in [1.54, 1.807) is 0 Å². The van der Waals surface area contributed by atoms with Gasteiger partial charge in [0.15, 0.2) is 0 Å². The topological polar surface area (TPSA) is 38.9 Å². The second-order valence-corrected chi connectivity index (χ2v) is 5.06. The molecule has 2 N–H and O–H groups in total. The summed E-state index contributed by atoms with van der Waals surface area (Å²) in [5.74, 6) is 0. The number of nitrogens with zero attached hydrogens (tertiary/aromatic N) is 1. The Bertz CT molecular complexity index is 304. The first-order chi connectivity index (χ1) is 7.68. The van der Waals surface area contributed by atoms with Gasteiger partial charge in [-0.05, 0) is 65.2 Å². The van der Waals surface area contributed by atoms with Crippen molar-refractivity contribution in [3.05, 3.63) is 28.5 Å². The van der Waals surface area contributed by atoms with Gasteiger partial charge < -0.3 is 5.73 Å². The van der Waals surface area contributed by atoms with Crippen LogP contribution in [0.15, 0.2) is 22.9 Å². The quantitative estimate of drug-likeness (QED) is 0.810. The Morgan fingerprint density at radius 2 is 2.00 bits per heavy atom.